The predicted molar refractivity (Wildman–Crippen MR) is 121 cm³/mol. The van der Waals surface area contributed by atoms with E-state index in [-0.39, 0.29) is 0 Å². The zero-order chi connectivity index (χ0) is 20.5. The molecule has 0 saturated heterocycles. The van der Waals surface area contributed by atoms with Crippen molar-refractivity contribution in [1.29, 1.82) is 0 Å². The molecule has 2 N–H and O–H groups in total. The minimum Gasteiger partial charge on any atom is -0.351 e. The third-order valence-electron chi connectivity index (χ3n) is 5.30. The summed E-state index contributed by atoms with van der Waals surface area (Å²) >= 11 is 0. The largest absolute Gasteiger partial charge is 0.351 e. The van der Waals surface area contributed by atoms with Gasteiger partial charge >= 0.3 is 6.03 Å². The summed E-state index contributed by atoms with van der Waals surface area (Å²) in [5, 5.41) is 1.92. The maximum Gasteiger partial charge on any atom is 0.323 e. The lowest BCUT2D eigenvalue weighted by atomic mass is 10.1. The first-order chi connectivity index (χ1) is 14.7. The summed E-state index contributed by atoms with van der Waals surface area (Å²) in [6, 6.07) is 27.4. The van der Waals surface area contributed by atoms with Crippen molar-refractivity contribution < 1.29 is 4.79 Å². The van der Waals surface area contributed by atoms with Crippen LogP contribution in [-0.4, -0.2) is 15.6 Å². The van der Waals surface area contributed by atoms with Gasteiger partial charge < -0.3 is 10.3 Å². The van der Waals surface area contributed by atoms with Crippen molar-refractivity contribution >= 4 is 39.2 Å². The Morgan fingerprint density at radius 2 is 1.73 bits per heavy atom. The van der Waals surface area contributed by atoms with Crippen molar-refractivity contribution in [3.05, 3.63) is 103 Å². The molecule has 0 aliphatic heterocycles. The molecule has 0 bridgehead atoms. The van der Waals surface area contributed by atoms with E-state index >= 15 is 0 Å². The molecule has 0 fully saturated rings. The Balaban J connectivity index is 1.58. The fourth-order valence-corrected chi connectivity index (χ4v) is 3.91. The SMILES string of the molecule is NC(=O)N(c1ccc2c(ccn2Cc2ccccc2)c1)c1ccnc2ccccc12. The lowest BCUT2D eigenvalue weighted by Gasteiger charge is -2.22. The molecule has 0 unspecified atom stereocenters. The van der Waals surface area contributed by atoms with Crippen LogP contribution in [0.3, 0.4) is 0 Å². The van der Waals surface area contributed by atoms with Gasteiger partial charge in [-0.25, -0.2) is 4.79 Å². The second kappa shape index (κ2) is 7.37. The smallest absolute Gasteiger partial charge is 0.323 e. The predicted octanol–water partition coefficient (Wildman–Crippen LogP) is 5.45. The number of rotatable bonds is 4. The van der Waals surface area contributed by atoms with Crippen LogP contribution in [0.4, 0.5) is 16.2 Å². The number of hydrogen-bond donors (Lipinski definition) is 1. The van der Waals surface area contributed by atoms with E-state index in [4.69, 9.17) is 5.73 Å². The van der Waals surface area contributed by atoms with E-state index in [0.717, 1.165) is 39.7 Å². The van der Waals surface area contributed by atoms with E-state index in [1.807, 2.05) is 66.7 Å². The Hall–Kier alpha value is -4.12. The number of carbonyl (C=O) groups excluding carboxylic acids is 1. The summed E-state index contributed by atoms with van der Waals surface area (Å²) in [6.07, 6.45) is 3.76. The third-order valence-corrected chi connectivity index (χ3v) is 5.30. The Morgan fingerprint density at radius 3 is 2.57 bits per heavy atom. The number of urea groups is 1. The quantitative estimate of drug-likeness (QED) is 0.442. The van der Waals surface area contributed by atoms with Gasteiger partial charge in [0.2, 0.25) is 0 Å². The number of nitrogens with zero attached hydrogens (tertiary/aromatic N) is 3. The van der Waals surface area contributed by atoms with Gasteiger partial charge in [0.05, 0.1) is 16.9 Å². The standard InChI is InChI=1S/C25H20N4O/c26-25(30)29(24-12-14-27-22-9-5-4-8-21(22)24)20-10-11-23-19(16-20)13-15-28(23)17-18-6-2-1-3-7-18/h1-16H,17H2,(H2,26,30). The van der Waals surface area contributed by atoms with Gasteiger partial charge in [-0.1, -0.05) is 48.5 Å². The third kappa shape index (κ3) is 3.16. The molecule has 0 radical (unpaired) electrons. The number of aromatic nitrogens is 2. The number of amides is 2. The van der Waals surface area contributed by atoms with Crippen LogP contribution in [0.15, 0.2) is 97.3 Å². The van der Waals surface area contributed by atoms with Crippen LogP contribution in [0, 0.1) is 0 Å². The first-order valence-electron chi connectivity index (χ1n) is 9.77. The fraction of sp³-hybridized carbons (Fsp3) is 0.0400. The Kier molecular flexibility index (Phi) is 4.41. The molecule has 3 aromatic carbocycles. The van der Waals surface area contributed by atoms with Crippen LogP contribution in [-0.2, 0) is 6.54 Å². The van der Waals surface area contributed by atoms with E-state index in [2.05, 4.69) is 33.9 Å². The van der Waals surface area contributed by atoms with Gasteiger partial charge in [-0.3, -0.25) is 9.88 Å². The molecule has 2 amide bonds. The molecule has 5 nitrogen and oxygen atoms in total. The molecule has 0 saturated carbocycles. The number of nitrogens with two attached hydrogens (primary N) is 1. The number of primary amides is 1. The molecule has 5 heteroatoms. The monoisotopic (exact) mass is 392 g/mol. The molecule has 0 aliphatic rings. The minimum absolute atomic E-state index is 0.533. The van der Waals surface area contributed by atoms with Crippen molar-refractivity contribution in [1.82, 2.24) is 9.55 Å². The number of benzene rings is 3. The number of fused-ring (bicyclic) bond motifs is 2. The first-order valence-corrected chi connectivity index (χ1v) is 9.77. The van der Waals surface area contributed by atoms with Crippen LogP contribution >= 0.6 is 0 Å². The van der Waals surface area contributed by atoms with Gasteiger partial charge in [0.1, 0.15) is 0 Å². The maximum atomic E-state index is 12.4. The number of hydrogen-bond acceptors (Lipinski definition) is 2. The topological polar surface area (TPSA) is 64.2 Å². The summed E-state index contributed by atoms with van der Waals surface area (Å²) in [5.41, 5.74) is 10.4. The Morgan fingerprint density at radius 1 is 0.933 bits per heavy atom. The first kappa shape index (κ1) is 17.9. The minimum atomic E-state index is -0.533. The van der Waals surface area contributed by atoms with Crippen LogP contribution in [0.2, 0.25) is 0 Å². The Labute approximate surface area is 174 Å². The highest BCUT2D eigenvalue weighted by Gasteiger charge is 2.18. The fourth-order valence-electron chi connectivity index (χ4n) is 3.91. The van der Waals surface area contributed by atoms with Crippen molar-refractivity contribution in [3.8, 4) is 0 Å². The summed E-state index contributed by atoms with van der Waals surface area (Å²) in [7, 11) is 0. The van der Waals surface area contributed by atoms with Gasteiger partial charge in [-0.15, -0.1) is 0 Å². The van der Waals surface area contributed by atoms with E-state index in [1.165, 1.54) is 10.5 Å². The molecule has 2 aromatic heterocycles. The highest BCUT2D eigenvalue weighted by molar-refractivity contribution is 6.07. The van der Waals surface area contributed by atoms with E-state index in [0.29, 0.717) is 0 Å². The molecule has 2 heterocycles. The summed E-state index contributed by atoms with van der Waals surface area (Å²) in [6.45, 7) is 0.790. The Bertz CT molecular complexity index is 1350. The molecular formula is C25H20N4O. The lowest BCUT2D eigenvalue weighted by Crippen LogP contribution is -2.31. The van der Waals surface area contributed by atoms with Crippen molar-refractivity contribution in [3.63, 3.8) is 0 Å². The highest BCUT2D eigenvalue weighted by atomic mass is 16.2. The summed E-state index contributed by atoms with van der Waals surface area (Å²) in [5.74, 6) is 0. The van der Waals surface area contributed by atoms with Gasteiger partial charge in [0.15, 0.2) is 0 Å². The normalized spacial score (nSPS) is 11.1. The number of carbonyl (C=O) groups is 1. The van der Waals surface area contributed by atoms with Crippen LogP contribution in [0.25, 0.3) is 21.8 Å². The molecule has 0 aliphatic carbocycles. The molecule has 0 atom stereocenters. The molecule has 5 aromatic rings. The maximum absolute atomic E-state index is 12.4. The second-order valence-electron chi connectivity index (χ2n) is 7.19. The van der Waals surface area contributed by atoms with Crippen molar-refractivity contribution in [2.24, 2.45) is 5.73 Å². The summed E-state index contributed by atoms with van der Waals surface area (Å²) in [4.78, 5) is 18.4. The van der Waals surface area contributed by atoms with Gasteiger partial charge in [0, 0.05) is 35.2 Å². The van der Waals surface area contributed by atoms with Gasteiger partial charge in [-0.2, -0.15) is 0 Å². The highest BCUT2D eigenvalue weighted by Crippen LogP contribution is 2.33. The lowest BCUT2D eigenvalue weighted by molar-refractivity contribution is 0.256. The van der Waals surface area contributed by atoms with E-state index in [9.17, 15) is 4.79 Å². The number of pyridine rings is 1. The van der Waals surface area contributed by atoms with Crippen LogP contribution in [0.5, 0.6) is 0 Å². The molecular weight excluding hydrogens is 372 g/mol. The van der Waals surface area contributed by atoms with E-state index < -0.39 is 6.03 Å². The van der Waals surface area contributed by atoms with Crippen LogP contribution < -0.4 is 10.6 Å². The zero-order valence-electron chi connectivity index (χ0n) is 16.3. The number of anilines is 2. The second-order valence-corrected chi connectivity index (χ2v) is 7.19. The van der Waals surface area contributed by atoms with Crippen molar-refractivity contribution in [2.75, 3.05) is 4.90 Å². The molecule has 146 valence electrons. The molecule has 30 heavy (non-hydrogen) atoms. The molecule has 5 rings (SSSR count). The van der Waals surface area contributed by atoms with Crippen LogP contribution in [0.1, 0.15) is 5.56 Å². The van der Waals surface area contributed by atoms with Crippen molar-refractivity contribution in [2.45, 2.75) is 6.54 Å². The van der Waals surface area contributed by atoms with Gasteiger partial charge in [-0.05, 0) is 42.0 Å². The zero-order valence-corrected chi connectivity index (χ0v) is 16.3. The average Bonchev–Trinajstić information content (AvgIpc) is 3.17. The average molecular weight is 392 g/mol. The number of para-hydroxylation sites is 1. The summed E-state index contributed by atoms with van der Waals surface area (Å²) < 4.78 is 2.20. The van der Waals surface area contributed by atoms with Gasteiger partial charge in [0.25, 0.3) is 0 Å². The van der Waals surface area contributed by atoms with E-state index in [1.54, 1.807) is 6.20 Å². The molecule has 0 spiro atoms.